The van der Waals surface area contributed by atoms with Crippen molar-refractivity contribution in [3.05, 3.63) is 65.0 Å². The summed E-state index contributed by atoms with van der Waals surface area (Å²) in [5.74, 6) is -0.561. The molecule has 0 saturated carbocycles. The van der Waals surface area contributed by atoms with Crippen molar-refractivity contribution in [2.24, 2.45) is 5.92 Å². The van der Waals surface area contributed by atoms with Crippen LogP contribution in [0.5, 0.6) is 0 Å². The molecule has 2 aliphatic heterocycles. The monoisotopic (exact) mass is 450 g/mol. The second kappa shape index (κ2) is 8.22. The van der Waals surface area contributed by atoms with E-state index >= 15 is 0 Å². The first-order valence-corrected chi connectivity index (χ1v) is 11.8. The van der Waals surface area contributed by atoms with Gasteiger partial charge in [0.25, 0.3) is 0 Å². The van der Waals surface area contributed by atoms with E-state index in [1.165, 1.54) is 12.1 Å². The molecule has 0 radical (unpaired) electrons. The number of piperidine rings is 1. The molecule has 1 aliphatic carbocycles. The second-order valence-electron chi connectivity index (χ2n) is 9.48. The SMILES string of the molecule is CCNc1cc(F)cc2c1C1NC1C(=O)[C@@]2(C)N1CC[C@@H](c2ccccc2)[C@@H](C(=O)NC)C1. The van der Waals surface area contributed by atoms with E-state index in [0.717, 1.165) is 23.2 Å². The smallest absolute Gasteiger partial charge is 0.224 e. The molecule has 5 atom stereocenters. The Kier molecular flexibility index (Phi) is 5.49. The molecule has 174 valence electrons. The van der Waals surface area contributed by atoms with Crippen molar-refractivity contribution in [3.63, 3.8) is 0 Å². The van der Waals surface area contributed by atoms with Crippen molar-refractivity contribution < 1.29 is 14.0 Å². The molecule has 2 aromatic carbocycles. The van der Waals surface area contributed by atoms with Gasteiger partial charge in [-0.25, -0.2) is 4.39 Å². The molecule has 2 heterocycles. The van der Waals surface area contributed by atoms with Crippen molar-refractivity contribution in [1.82, 2.24) is 15.5 Å². The van der Waals surface area contributed by atoms with Crippen LogP contribution in [-0.2, 0) is 15.1 Å². The molecule has 2 aromatic rings. The van der Waals surface area contributed by atoms with Gasteiger partial charge in [0, 0.05) is 32.4 Å². The van der Waals surface area contributed by atoms with Gasteiger partial charge in [-0.05, 0) is 55.0 Å². The van der Waals surface area contributed by atoms with Crippen molar-refractivity contribution in [3.8, 4) is 0 Å². The molecule has 0 spiro atoms. The summed E-state index contributed by atoms with van der Waals surface area (Å²) in [5, 5.41) is 9.41. The lowest BCUT2D eigenvalue weighted by Crippen LogP contribution is -2.59. The van der Waals surface area contributed by atoms with Crippen LogP contribution in [0.25, 0.3) is 0 Å². The third-order valence-electron chi connectivity index (χ3n) is 7.75. The molecular formula is C26H31FN4O2. The van der Waals surface area contributed by atoms with Gasteiger partial charge >= 0.3 is 0 Å². The zero-order chi connectivity index (χ0) is 23.3. The number of Topliss-reactive ketones (excluding diaryl/α,β-unsaturated/α-hetero) is 1. The molecule has 3 N–H and O–H groups in total. The van der Waals surface area contributed by atoms with E-state index in [1.807, 2.05) is 32.0 Å². The van der Waals surface area contributed by atoms with Gasteiger partial charge in [0.1, 0.15) is 11.4 Å². The van der Waals surface area contributed by atoms with E-state index in [-0.39, 0.29) is 41.4 Å². The normalized spacial score (nSPS) is 30.8. The summed E-state index contributed by atoms with van der Waals surface area (Å²) in [6.07, 6.45) is 0.747. The van der Waals surface area contributed by atoms with Crippen molar-refractivity contribution >= 4 is 17.4 Å². The molecule has 2 unspecified atom stereocenters. The fraction of sp³-hybridized carbons (Fsp3) is 0.462. The topological polar surface area (TPSA) is 83.4 Å². The first-order chi connectivity index (χ1) is 15.9. The van der Waals surface area contributed by atoms with E-state index in [4.69, 9.17) is 0 Å². The molecule has 2 fully saturated rings. The van der Waals surface area contributed by atoms with Gasteiger partial charge in [0.2, 0.25) is 5.91 Å². The van der Waals surface area contributed by atoms with Gasteiger partial charge in [-0.15, -0.1) is 0 Å². The summed E-state index contributed by atoms with van der Waals surface area (Å²) in [7, 11) is 1.66. The van der Waals surface area contributed by atoms with E-state index < -0.39 is 5.54 Å². The Morgan fingerprint density at radius 1 is 1.24 bits per heavy atom. The fourth-order valence-electron chi connectivity index (χ4n) is 5.98. The number of carbonyl (C=O) groups excluding carboxylic acids is 2. The number of benzene rings is 2. The van der Waals surface area contributed by atoms with Gasteiger partial charge in [-0.1, -0.05) is 30.3 Å². The first kappa shape index (κ1) is 22.0. The number of likely N-dealkylation sites (tertiary alicyclic amines) is 1. The van der Waals surface area contributed by atoms with Crippen molar-refractivity contribution in [2.75, 3.05) is 32.0 Å². The number of fused-ring (bicyclic) bond motifs is 3. The van der Waals surface area contributed by atoms with Crippen LogP contribution in [0.15, 0.2) is 42.5 Å². The van der Waals surface area contributed by atoms with E-state index in [9.17, 15) is 14.0 Å². The number of hydrogen-bond donors (Lipinski definition) is 3. The lowest BCUT2D eigenvalue weighted by atomic mass is 9.72. The molecule has 1 amide bonds. The van der Waals surface area contributed by atoms with Crippen molar-refractivity contribution in [1.29, 1.82) is 0 Å². The Hall–Kier alpha value is -2.77. The van der Waals surface area contributed by atoms with E-state index in [0.29, 0.717) is 25.2 Å². The zero-order valence-electron chi connectivity index (χ0n) is 19.3. The fourth-order valence-corrected chi connectivity index (χ4v) is 5.98. The molecule has 5 rings (SSSR count). The van der Waals surface area contributed by atoms with E-state index in [2.05, 4.69) is 33.0 Å². The number of carbonyl (C=O) groups is 2. The number of ketones is 1. The largest absolute Gasteiger partial charge is 0.385 e. The Morgan fingerprint density at radius 2 is 2.00 bits per heavy atom. The number of amides is 1. The highest BCUT2D eigenvalue weighted by Gasteiger charge is 2.60. The number of hydrogen-bond acceptors (Lipinski definition) is 5. The predicted molar refractivity (Wildman–Crippen MR) is 126 cm³/mol. The van der Waals surface area contributed by atoms with Crippen LogP contribution in [-0.4, -0.2) is 49.3 Å². The molecular weight excluding hydrogens is 419 g/mol. The minimum atomic E-state index is -1.000. The average molecular weight is 451 g/mol. The summed E-state index contributed by atoms with van der Waals surface area (Å²) in [6.45, 7) is 5.64. The van der Waals surface area contributed by atoms with Crippen molar-refractivity contribution in [2.45, 2.75) is 43.8 Å². The molecule has 7 heteroatoms. The second-order valence-corrected chi connectivity index (χ2v) is 9.48. The van der Waals surface area contributed by atoms with Gasteiger partial charge in [-0.3, -0.25) is 19.8 Å². The molecule has 33 heavy (non-hydrogen) atoms. The lowest BCUT2D eigenvalue weighted by Gasteiger charge is -2.48. The van der Waals surface area contributed by atoms with Gasteiger partial charge < -0.3 is 10.6 Å². The number of rotatable bonds is 5. The summed E-state index contributed by atoms with van der Waals surface area (Å²) in [6, 6.07) is 12.8. The minimum Gasteiger partial charge on any atom is -0.385 e. The summed E-state index contributed by atoms with van der Waals surface area (Å²) >= 11 is 0. The van der Waals surface area contributed by atoms with Crippen LogP contribution in [0.2, 0.25) is 0 Å². The maximum atomic E-state index is 14.7. The van der Waals surface area contributed by atoms with Crippen LogP contribution in [0.1, 0.15) is 48.9 Å². The van der Waals surface area contributed by atoms with Gasteiger partial charge in [0.15, 0.2) is 5.78 Å². The summed E-state index contributed by atoms with van der Waals surface area (Å²) in [4.78, 5) is 28.8. The third-order valence-corrected chi connectivity index (χ3v) is 7.75. The molecule has 6 nitrogen and oxygen atoms in total. The Balaban J connectivity index is 1.56. The third kappa shape index (κ3) is 3.45. The number of anilines is 1. The lowest BCUT2D eigenvalue weighted by molar-refractivity contribution is -0.137. The van der Waals surface area contributed by atoms with E-state index in [1.54, 1.807) is 7.05 Å². The Morgan fingerprint density at radius 3 is 2.70 bits per heavy atom. The number of nitrogens with one attached hydrogen (secondary N) is 3. The molecule has 3 aliphatic rings. The number of halogens is 1. The zero-order valence-corrected chi connectivity index (χ0v) is 19.3. The highest BCUT2D eigenvalue weighted by molar-refractivity contribution is 6.00. The van der Waals surface area contributed by atoms with Crippen LogP contribution in [0.4, 0.5) is 10.1 Å². The quantitative estimate of drug-likeness (QED) is 0.610. The number of nitrogens with zero attached hydrogens (tertiary/aromatic N) is 1. The standard InChI is InChI=1S/C26H31FN4O2/c1-4-29-20-13-16(27)12-19-21(20)22-23(30-22)24(32)26(19,2)31-11-10-17(15-8-6-5-7-9-15)18(14-31)25(33)28-3/h5-9,12-13,17-18,22-23,29-30H,4,10-11,14H2,1-3H3,(H,28,33)/t17-,18-,22?,23?,26-/m0/s1. The molecule has 0 aromatic heterocycles. The summed E-state index contributed by atoms with van der Waals surface area (Å²) < 4.78 is 14.7. The highest BCUT2D eigenvalue weighted by Crippen LogP contribution is 2.52. The minimum absolute atomic E-state index is 0.0318. The van der Waals surface area contributed by atoms with Gasteiger partial charge in [0.05, 0.1) is 18.0 Å². The Labute approximate surface area is 193 Å². The average Bonchev–Trinajstić information content (AvgIpc) is 3.63. The molecule has 0 bridgehead atoms. The molecule has 2 saturated heterocycles. The summed E-state index contributed by atoms with van der Waals surface area (Å²) in [5.41, 5.74) is 2.57. The van der Waals surface area contributed by atoms with Crippen LogP contribution in [0, 0.1) is 11.7 Å². The Bertz CT molecular complexity index is 1090. The maximum Gasteiger partial charge on any atom is 0.224 e. The highest BCUT2D eigenvalue weighted by atomic mass is 19.1. The van der Waals surface area contributed by atoms with Crippen LogP contribution in [0.3, 0.4) is 0 Å². The first-order valence-electron chi connectivity index (χ1n) is 11.8. The predicted octanol–water partition coefficient (Wildman–Crippen LogP) is 2.92. The van der Waals surface area contributed by atoms with Gasteiger partial charge in [-0.2, -0.15) is 0 Å². The maximum absolute atomic E-state index is 14.7. The van der Waals surface area contributed by atoms with Crippen LogP contribution < -0.4 is 16.0 Å². The van der Waals surface area contributed by atoms with Crippen LogP contribution >= 0.6 is 0 Å².